The van der Waals surface area contributed by atoms with Crippen LogP contribution in [-0.4, -0.2) is 38.0 Å². The van der Waals surface area contributed by atoms with Gasteiger partial charge >= 0.3 is 0 Å². The highest BCUT2D eigenvalue weighted by atomic mass is 16.5. The van der Waals surface area contributed by atoms with Crippen molar-refractivity contribution in [2.45, 2.75) is 49.9 Å². The van der Waals surface area contributed by atoms with Crippen LogP contribution in [0.3, 0.4) is 0 Å². The Kier molecular flexibility index (Phi) is 2.58. The van der Waals surface area contributed by atoms with Gasteiger partial charge in [-0.2, -0.15) is 0 Å². The average molecular weight is 199 g/mol. The van der Waals surface area contributed by atoms with Crippen molar-refractivity contribution >= 4 is 0 Å². The van der Waals surface area contributed by atoms with Crippen LogP contribution in [0.25, 0.3) is 0 Å². The molecular weight excluding hydrogens is 178 g/mol. The van der Waals surface area contributed by atoms with E-state index in [1.807, 2.05) is 7.05 Å². The Balaban J connectivity index is 1.89. The number of methoxy groups -OCH3 is 1. The van der Waals surface area contributed by atoms with Crippen LogP contribution in [-0.2, 0) is 9.47 Å². The highest BCUT2D eigenvalue weighted by molar-refractivity contribution is 5.04. The quantitative estimate of drug-likeness (QED) is 0.743. The number of nitrogens with one attached hydrogen (secondary N) is 1. The van der Waals surface area contributed by atoms with Crippen molar-refractivity contribution in [1.29, 1.82) is 0 Å². The number of rotatable bonds is 3. The second kappa shape index (κ2) is 3.47. The van der Waals surface area contributed by atoms with Crippen LogP contribution in [0.1, 0.15) is 32.6 Å². The molecule has 0 aromatic heterocycles. The van der Waals surface area contributed by atoms with Crippen LogP contribution in [0.15, 0.2) is 0 Å². The van der Waals surface area contributed by atoms with Crippen LogP contribution in [0.2, 0.25) is 0 Å². The van der Waals surface area contributed by atoms with E-state index in [0.29, 0.717) is 6.10 Å². The fraction of sp³-hybridized carbons (Fsp3) is 1.00. The topological polar surface area (TPSA) is 30.5 Å². The van der Waals surface area contributed by atoms with E-state index in [1.54, 1.807) is 7.11 Å². The summed E-state index contributed by atoms with van der Waals surface area (Å²) in [5.74, 6) is 0. The molecule has 1 aliphatic heterocycles. The van der Waals surface area contributed by atoms with Crippen molar-refractivity contribution in [2.75, 3.05) is 20.7 Å². The lowest BCUT2D eigenvalue weighted by atomic mass is 9.75. The van der Waals surface area contributed by atoms with Crippen molar-refractivity contribution in [3.63, 3.8) is 0 Å². The van der Waals surface area contributed by atoms with Crippen molar-refractivity contribution < 1.29 is 9.47 Å². The van der Waals surface area contributed by atoms with Gasteiger partial charge in [-0.1, -0.05) is 0 Å². The van der Waals surface area contributed by atoms with Crippen molar-refractivity contribution in [2.24, 2.45) is 0 Å². The highest BCUT2D eigenvalue weighted by Crippen LogP contribution is 2.50. The van der Waals surface area contributed by atoms with E-state index < -0.39 is 0 Å². The second-order valence-corrected chi connectivity index (χ2v) is 5.03. The lowest BCUT2D eigenvalue weighted by Gasteiger charge is -2.45. The molecule has 3 heteroatoms. The molecule has 0 radical (unpaired) electrons. The smallest absolute Gasteiger partial charge is 0.0786 e. The third-order valence-corrected chi connectivity index (χ3v) is 3.66. The van der Waals surface area contributed by atoms with Gasteiger partial charge in [-0.3, -0.25) is 0 Å². The molecule has 0 aromatic rings. The molecule has 1 N–H and O–H groups in total. The van der Waals surface area contributed by atoms with E-state index in [9.17, 15) is 0 Å². The predicted octanol–water partition coefficient (Wildman–Crippen LogP) is 1.32. The summed E-state index contributed by atoms with van der Waals surface area (Å²) in [5.41, 5.74) is 0.208. The summed E-state index contributed by atoms with van der Waals surface area (Å²) < 4.78 is 11.5. The molecule has 1 atom stereocenters. The van der Waals surface area contributed by atoms with Gasteiger partial charge in [0.2, 0.25) is 0 Å². The van der Waals surface area contributed by atoms with E-state index in [0.717, 1.165) is 19.4 Å². The van der Waals surface area contributed by atoms with Crippen molar-refractivity contribution in [1.82, 2.24) is 5.32 Å². The van der Waals surface area contributed by atoms with Gasteiger partial charge in [-0.05, 0) is 26.8 Å². The first-order chi connectivity index (χ1) is 6.61. The summed E-state index contributed by atoms with van der Waals surface area (Å²) in [6.45, 7) is 3.16. The van der Waals surface area contributed by atoms with Gasteiger partial charge in [-0.15, -0.1) is 0 Å². The van der Waals surface area contributed by atoms with Crippen LogP contribution in [0, 0.1) is 0 Å². The largest absolute Gasteiger partial charge is 0.381 e. The zero-order valence-corrected chi connectivity index (χ0v) is 9.43. The molecule has 2 rings (SSSR count). The second-order valence-electron chi connectivity index (χ2n) is 5.03. The molecule has 1 spiro atoms. The Morgan fingerprint density at radius 2 is 2.14 bits per heavy atom. The summed E-state index contributed by atoms with van der Waals surface area (Å²) in [5, 5.41) is 3.21. The van der Waals surface area contributed by atoms with Gasteiger partial charge in [0.15, 0.2) is 0 Å². The Hall–Kier alpha value is -0.120. The number of likely N-dealkylation sites (N-methyl/N-ethyl adjacent to an activating group) is 1. The highest BCUT2D eigenvalue weighted by Gasteiger charge is 2.53. The van der Waals surface area contributed by atoms with Crippen LogP contribution in [0.5, 0.6) is 0 Å². The summed E-state index contributed by atoms with van der Waals surface area (Å²) in [7, 11) is 3.78. The maximum Gasteiger partial charge on any atom is 0.0786 e. The molecule has 0 bridgehead atoms. The molecule has 1 aliphatic carbocycles. The summed E-state index contributed by atoms with van der Waals surface area (Å²) in [6, 6.07) is 0. The van der Waals surface area contributed by atoms with Crippen molar-refractivity contribution in [3.05, 3.63) is 0 Å². The maximum atomic E-state index is 6.20. The standard InChI is InChI=1S/C11H21NO2/c1-10(8-12-2)4-5-11(14-10)6-9(7-11)13-3/h9,12H,4-8H2,1-3H3. The summed E-state index contributed by atoms with van der Waals surface area (Å²) >= 11 is 0. The minimum absolute atomic E-state index is 0.0491. The predicted molar refractivity (Wildman–Crippen MR) is 55.4 cm³/mol. The van der Waals surface area contributed by atoms with E-state index in [2.05, 4.69) is 12.2 Å². The van der Waals surface area contributed by atoms with Gasteiger partial charge < -0.3 is 14.8 Å². The van der Waals surface area contributed by atoms with Crippen molar-refractivity contribution in [3.8, 4) is 0 Å². The van der Waals surface area contributed by atoms with Gasteiger partial charge in [-0.25, -0.2) is 0 Å². The molecule has 1 saturated carbocycles. The van der Waals surface area contributed by atoms with E-state index >= 15 is 0 Å². The van der Waals surface area contributed by atoms with E-state index in [-0.39, 0.29) is 11.2 Å². The first kappa shape index (κ1) is 10.4. The number of ether oxygens (including phenoxy) is 2. The van der Waals surface area contributed by atoms with Gasteiger partial charge in [0.1, 0.15) is 0 Å². The molecule has 1 unspecified atom stereocenters. The fourth-order valence-electron chi connectivity index (χ4n) is 2.84. The monoisotopic (exact) mass is 199 g/mol. The summed E-state index contributed by atoms with van der Waals surface area (Å²) in [4.78, 5) is 0. The molecular formula is C11H21NO2. The average Bonchev–Trinajstić information content (AvgIpc) is 2.42. The lowest BCUT2D eigenvalue weighted by molar-refractivity contribution is -0.180. The normalized spacial score (nSPS) is 46.9. The third kappa shape index (κ3) is 1.69. The zero-order valence-electron chi connectivity index (χ0n) is 9.43. The summed E-state index contributed by atoms with van der Waals surface area (Å²) in [6.07, 6.45) is 4.98. The lowest BCUT2D eigenvalue weighted by Crippen LogP contribution is -2.50. The zero-order chi connectivity index (χ0) is 10.2. The molecule has 2 fully saturated rings. The molecule has 1 saturated heterocycles. The van der Waals surface area contributed by atoms with E-state index in [4.69, 9.17) is 9.47 Å². The molecule has 0 amide bonds. The van der Waals surface area contributed by atoms with Gasteiger partial charge in [0, 0.05) is 26.5 Å². The molecule has 3 nitrogen and oxygen atoms in total. The Labute approximate surface area is 86.2 Å². The minimum atomic E-state index is 0.0491. The van der Waals surface area contributed by atoms with Crippen LogP contribution >= 0.6 is 0 Å². The minimum Gasteiger partial charge on any atom is -0.381 e. The molecule has 2 aliphatic rings. The van der Waals surface area contributed by atoms with E-state index in [1.165, 1.54) is 12.8 Å². The van der Waals surface area contributed by atoms with Crippen LogP contribution < -0.4 is 5.32 Å². The Morgan fingerprint density at radius 3 is 2.71 bits per heavy atom. The Morgan fingerprint density at radius 1 is 1.43 bits per heavy atom. The molecule has 82 valence electrons. The third-order valence-electron chi connectivity index (χ3n) is 3.66. The van der Waals surface area contributed by atoms with Gasteiger partial charge in [0.25, 0.3) is 0 Å². The van der Waals surface area contributed by atoms with Crippen LogP contribution in [0.4, 0.5) is 0 Å². The first-order valence-electron chi connectivity index (χ1n) is 5.49. The maximum absolute atomic E-state index is 6.20. The number of hydrogen-bond acceptors (Lipinski definition) is 3. The molecule has 1 heterocycles. The molecule has 14 heavy (non-hydrogen) atoms. The first-order valence-corrected chi connectivity index (χ1v) is 5.49. The Bertz CT molecular complexity index is 213. The fourth-order valence-corrected chi connectivity index (χ4v) is 2.84. The molecule has 0 aromatic carbocycles. The SMILES string of the molecule is CNCC1(C)CCC2(CC(OC)C2)O1. The van der Waals surface area contributed by atoms with Gasteiger partial charge in [0.05, 0.1) is 17.3 Å². The number of hydrogen-bond donors (Lipinski definition) is 1.